The molecule has 0 aliphatic rings. The van der Waals surface area contributed by atoms with Gasteiger partial charge in [0.2, 0.25) is 5.91 Å². The first-order valence-electron chi connectivity index (χ1n) is 5.98. The highest BCUT2D eigenvalue weighted by molar-refractivity contribution is 7.99. The molecule has 1 heterocycles. The Morgan fingerprint density at radius 1 is 1.35 bits per heavy atom. The van der Waals surface area contributed by atoms with Gasteiger partial charge in [-0.2, -0.15) is 0 Å². The SMILES string of the molecule is Cc1ccc(OCc2nnc(SCC(N)=O)o2)cc1C. The number of aryl methyl sites for hydroxylation is 2. The second-order valence-electron chi connectivity index (χ2n) is 4.25. The number of hydrogen-bond donors (Lipinski definition) is 1. The highest BCUT2D eigenvalue weighted by Gasteiger charge is 2.09. The van der Waals surface area contributed by atoms with E-state index in [1.165, 1.54) is 5.56 Å². The molecule has 2 aromatic rings. The van der Waals surface area contributed by atoms with E-state index in [9.17, 15) is 4.79 Å². The van der Waals surface area contributed by atoms with Crippen LogP contribution in [0.1, 0.15) is 17.0 Å². The Balaban J connectivity index is 1.90. The Morgan fingerprint density at radius 2 is 2.15 bits per heavy atom. The average molecular weight is 293 g/mol. The largest absolute Gasteiger partial charge is 0.484 e. The van der Waals surface area contributed by atoms with Crippen molar-refractivity contribution in [3.05, 3.63) is 35.2 Å². The van der Waals surface area contributed by atoms with Gasteiger partial charge in [-0.05, 0) is 37.1 Å². The van der Waals surface area contributed by atoms with Crippen LogP contribution in [0, 0.1) is 13.8 Å². The quantitative estimate of drug-likeness (QED) is 0.817. The third-order valence-electron chi connectivity index (χ3n) is 2.63. The topological polar surface area (TPSA) is 91.2 Å². The molecule has 0 saturated heterocycles. The number of carbonyl (C=O) groups excluding carboxylic acids is 1. The van der Waals surface area contributed by atoms with Crippen LogP contribution in [0.15, 0.2) is 27.8 Å². The smallest absolute Gasteiger partial charge is 0.277 e. The van der Waals surface area contributed by atoms with Crippen molar-refractivity contribution >= 4 is 17.7 Å². The third kappa shape index (κ3) is 3.99. The van der Waals surface area contributed by atoms with E-state index in [-0.39, 0.29) is 12.4 Å². The zero-order valence-electron chi connectivity index (χ0n) is 11.3. The van der Waals surface area contributed by atoms with Crippen LogP contribution < -0.4 is 10.5 Å². The van der Waals surface area contributed by atoms with Crippen LogP contribution >= 0.6 is 11.8 Å². The Kier molecular flexibility index (Phi) is 4.62. The lowest BCUT2D eigenvalue weighted by Crippen LogP contribution is -2.12. The Morgan fingerprint density at radius 3 is 2.85 bits per heavy atom. The van der Waals surface area contributed by atoms with Crippen molar-refractivity contribution in [1.29, 1.82) is 0 Å². The lowest BCUT2D eigenvalue weighted by molar-refractivity contribution is -0.115. The summed E-state index contributed by atoms with van der Waals surface area (Å²) in [7, 11) is 0. The molecule has 1 aromatic carbocycles. The van der Waals surface area contributed by atoms with Gasteiger partial charge in [0, 0.05) is 0 Å². The predicted octanol–water partition coefficient (Wildman–Crippen LogP) is 1.84. The number of nitrogens with zero attached hydrogens (tertiary/aromatic N) is 2. The van der Waals surface area contributed by atoms with Crippen molar-refractivity contribution < 1.29 is 13.9 Å². The molecule has 0 radical (unpaired) electrons. The van der Waals surface area contributed by atoms with Gasteiger partial charge in [0.15, 0.2) is 6.61 Å². The van der Waals surface area contributed by atoms with Crippen LogP contribution in [-0.2, 0) is 11.4 Å². The average Bonchev–Trinajstić information content (AvgIpc) is 2.86. The van der Waals surface area contributed by atoms with Crippen LogP contribution in [0.25, 0.3) is 0 Å². The van der Waals surface area contributed by atoms with E-state index in [2.05, 4.69) is 10.2 Å². The van der Waals surface area contributed by atoms with Gasteiger partial charge in [0.1, 0.15) is 5.75 Å². The van der Waals surface area contributed by atoms with Gasteiger partial charge in [0.05, 0.1) is 5.75 Å². The predicted molar refractivity (Wildman–Crippen MR) is 74.5 cm³/mol. The first kappa shape index (κ1) is 14.4. The number of nitrogens with two attached hydrogens (primary N) is 1. The molecule has 0 aliphatic carbocycles. The summed E-state index contributed by atoms with van der Waals surface area (Å²) in [5.74, 6) is 0.786. The van der Waals surface area contributed by atoms with Gasteiger partial charge in [-0.1, -0.05) is 17.8 Å². The van der Waals surface area contributed by atoms with Gasteiger partial charge >= 0.3 is 0 Å². The Bertz CT molecular complexity index is 613. The van der Waals surface area contributed by atoms with E-state index in [0.29, 0.717) is 11.1 Å². The number of amides is 1. The molecule has 0 saturated carbocycles. The zero-order chi connectivity index (χ0) is 14.5. The van der Waals surface area contributed by atoms with Crippen molar-refractivity contribution in [3.8, 4) is 5.75 Å². The first-order valence-corrected chi connectivity index (χ1v) is 6.96. The first-order chi connectivity index (χ1) is 9.54. The highest BCUT2D eigenvalue weighted by Crippen LogP contribution is 2.19. The lowest BCUT2D eigenvalue weighted by Gasteiger charge is -2.05. The molecule has 0 bridgehead atoms. The number of benzene rings is 1. The molecule has 0 fully saturated rings. The summed E-state index contributed by atoms with van der Waals surface area (Å²) in [6.07, 6.45) is 0. The van der Waals surface area contributed by atoms with Crippen molar-refractivity contribution in [2.75, 3.05) is 5.75 Å². The maximum atomic E-state index is 10.6. The van der Waals surface area contributed by atoms with Gasteiger partial charge < -0.3 is 14.9 Å². The number of carbonyl (C=O) groups is 1. The van der Waals surface area contributed by atoms with E-state index in [0.717, 1.165) is 23.1 Å². The second-order valence-corrected chi connectivity index (χ2v) is 5.18. The van der Waals surface area contributed by atoms with Crippen LogP contribution in [0.4, 0.5) is 0 Å². The van der Waals surface area contributed by atoms with Crippen molar-refractivity contribution in [3.63, 3.8) is 0 Å². The zero-order valence-corrected chi connectivity index (χ0v) is 12.1. The van der Waals surface area contributed by atoms with E-state index >= 15 is 0 Å². The molecule has 0 atom stereocenters. The summed E-state index contributed by atoms with van der Waals surface area (Å²) in [4.78, 5) is 10.6. The number of aromatic nitrogens is 2. The number of rotatable bonds is 6. The highest BCUT2D eigenvalue weighted by atomic mass is 32.2. The number of primary amides is 1. The molecule has 7 heteroatoms. The van der Waals surface area contributed by atoms with Crippen LogP contribution in [0.3, 0.4) is 0 Å². The molecule has 2 rings (SSSR count). The minimum Gasteiger partial charge on any atom is -0.484 e. The van der Waals surface area contributed by atoms with Crippen molar-refractivity contribution in [1.82, 2.24) is 10.2 Å². The molecular formula is C13H15N3O3S. The molecule has 0 aliphatic heterocycles. The molecule has 6 nitrogen and oxygen atoms in total. The minimum absolute atomic E-state index is 0.111. The normalized spacial score (nSPS) is 10.5. The van der Waals surface area contributed by atoms with Gasteiger partial charge in [-0.15, -0.1) is 10.2 Å². The van der Waals surface area contributed by atoms with Crippen LogP contribution in [0.2, 0.25) is 0 Å². The number of ether oxygens (including phenoxy) is 1. The second kappa shape index (κ2) is 6.42. The molecule has 106 valence electrons. The summed E-state index contributed by atoms with van der Waals surface area (Å²) in [5.41, 5.74) is 7.40. The summed E-state index contributed by atoms with van der Waals surface area (Å²) in [6.45, 7) is 4.25. The molecule has 0 spiro atoms. The lowest BCUT2D eigenvalue weighted by atomic mass is 10.1. The Hall–Kier alpha value is -2.02. The summed E-state index contributed by atoms with van der Waals surface area (Å²) < 4.78 is 10.9. The van der Waals surface area contributed by atoms with Gasteiger partial charge in [-0.3, -0.25) is 4.79 Å². The fraction of sp³-hybridized carbons (Fsp3) is 0.308. The van der Waals surface area contributed by atoms with Crippen LogP contribution in [0.5, 0.6) is 5.75 Å². The molecular weight excluding hydrogens is 278 g/mol. The minimum atomic E-state index is -0.430. The fourth-order valence-corrected chi connectivity index (χ4v) is 1.96. The molecule has 2 N–H and O–H groups in total. The maximum Gasteiger partial charge on any atom is 0.277 e. The number of hydrogen-bond acceptors (Lipinski definition) is 6. The third-order valence-corrected chi connectivity index (χ3v) is 3.47. The molecule has 1 amide bonds. The summed E-state index contributed by atoms with van der Waals surface area (Å²) >= 11 is 1.11. The van der Waals surface area contributed by atoms with E-state index in [1.54, 1.807) is 0 Å². The van der Waals surface area contributed by atoms with Gasteiger partial charge in [0.25, 0.3) is 11.1 Å². The Labute approximate surface area is 120 Å². The standard InChI is InChI=1S/C13H15N3O3S/c1-8-3-4-10(5-9(8)2)18-6-12-15-16-13(19-12)20-7-11(14)17/h3-5H,6-7H2,1-2H3,(H2,14,17). The maximum absolute atomic E-state index is 10.6. The summed E-state index contributed by atoms with van der Waals surface area (Å²) in [6, 6.07) is 5.84. The van der Waals surface area contributed by atoms with Crippen molar-refractivity contribution in [2.45, 2.75) is 25.7 Å². The van der Waals surface area contributed by atoms with Crippen molar-refractivity contribution in [2.24, 2.45) is 5.73 Å². The van der Waals surface area contributed by atoms with E-state index in [1.807, 2.05) is 32.0 Å². The van der Waals surface area contributed by atoms with E-state index in [4.69, 9.17) is 14.9 Å². The molecule has 20 heavy (non-hydrogen) atoms. The monoisotopic (exact) mass is 293 g/mol. The van der Waals surface area contributed by atoms with Gasteiger partial charge in [-0.25, -0.2) is 0 Å². The molecule has 0 unspecified atom stereocenters. The number of thioether (sulfide) groups is 1. The fourth-order valence-electron chi connectivity index (χ4n) is 1.44. The van der Waals surface area contributed by atoms with Crippen LogP contribution in [-0.4, -0.2) is 21.9 Å². The molecule has 1 aromatic heterocycles. The van der Waals surface area contributed by atoms with E-state index < -0.39 is 5.91 Å². The summed E-state index contributed by atoms with van der Waals surface area (Å²) in [5, 5.41) is 7.93.